The number of benzene rings is 1. The molecule has 1 saturated heterocycles. The number of primary amides is 1. The van der Waals surface area contributed by atoms with Gasteiger partial charge in [0.25, 0.3) is 0 Å². The summed E-state index contributed by atoms with van der Waals surface area (Å²) in [4.78, 5) is 18.1. The van der Waals surface area contributed by atoms with Crippen LogP contribution in [-0.4, -0.2) is 34.2 Å². The van der Waals surface area contributed by atoms with Crippen LogP contribution in [0.15, 0.2) is 36.5 Å². The van der Waals surface area contributed by atoms with Gasteiger partial charge in [0, 0.05) is 41.8 Å². The quantitative estimate of drug-likeness (QED) is 0.770. The molecule has 6 nitrogen and oxygen atoms in total. The molecule has 0 unspecified atom stereocenters. The number of H-pyrrole nitrogens is 1. The summed E-state index contributed by atoms with van der Waals surface area (Å²) in [5.74, 6) is 0.764. The molecule has 0 saturated carbocycles. The number of aryl methyl sites for hydroxylation is 1. The van der Waals surface area contributed by atoms with Crippen LogP contribution in [0.4, 0.5) is 5.82 Å². The molecule has 3 aromatic rings. The smallest absolute Gasteiger partial charge is 0.220 e. The number of nitrogens with zero attached hydrogens (tertiary/aromatic N) is 3. The van der Waals surface area contributed by atoms with Crippen molar-refractivity contribution in [1.82, 2.24) is 15.2 Å². The minimum atomic E-state index is -0.187. The van der Waals surface area contributed by atoms with Gasteiger partial charge < -0.3 is 10.6 Å². The van der Waals surface area contributed by atoms with Crippen molar-refractivity contribution in [2.45, 2.75) is 19.8 Å². The maximum absolute atomic E-state index is 11.3. The van der Waals surface area contributed by atoms with Gasteiger partial charge in [-0.2, -0.15) is 5.10 Å². The first-order valence-corrected chi connectivity index (χ1v) is 8.57. The lowest BCUT2D eigenvalue weighted by Gasteiger charge is -2.31. The number of fused-ring (bicyclic) bond motifs is 1. The first-order chi connectivity index (χ1) is 12.1. The molecule has 4 rings (SSSR count). The van der Waals surface area contributed by atoms with E-state index in [1.807, 2.05) is 25.3 Å². The zero-order valence-corrected chi connectivity index (χ0v) is 14.2. The number of pyridine rings is 1. The summed E-state index contributed by atoms with van der Waals surface area (Å²) in [6, 6.07) is 10.4. The van der Waals surface area contributed by atoms with Gasteiger partial charge in [0.1, 0.15) is 5.82 Å². The number of aromatic amines is 1. The van der Waals surface area contributed by atoms with Gasteiger partial charge in [-0.05, 0) is 49.6 Å². The molecule has 25 heavy (non-hydrogen) atoms. The number of aromatic nitrogens is 3. The first kappa shape index (κ1) is 15.6. The number of amides is 1. The highest BCUT2D eigenvalue weighted by Gasteiger charge is 2.23. The minimum Gasteiger partial charge on any atom is -0.369 e. The average Bonchev–Trinajstić information content (AvgIpc) is 3.02. The Morgan fingerprint density at radius 3 is 2.64 bits per heavy atom. The average molecular weight is 335 g/mol. The number of anilines is 1. The number of nitrogens with one attached hydrogen (secondary N) is 1. The summed E-state index contributed by atoms with van der Waals surface area (Å²) in [6.07, 6.45) is 3.51. The molecule has 2 aromatic heterocycles. The fourth-order valence-corrected chi connectivity index (χ4v) is 3.45. The lowest BCUT2D eigenvalue weighted by Crippen LogP contribution is -2.38. The molecule has 1 aliphatic heterocycles. The monoisotopic (exact) mass is 335 g/mol. The Labute approximate surface area is 146 Å². The molecule has 0 bridgehead atoms. The Bertz CT molecular complexity index is 907. The summed E-state index contributed by atoms with van der Waals surface area (Å²) in [6.45, 7) is 3.66. The van der Waals surface area contributed by atoms with E-state index in [4.69, 9.17) is 5.73 Å². The number of carbonyl (C=O) groups excluding carboxylic acids is 1. The molecule has 3 N–H and O–H groups in total. The Kier molecular flexibility index (Phi) is 3.87. The maximum Gasteiger partial charge on any atom is 0.220 e. The van der Waals surface area contributed by atoms with Gasteiger partial charge in [-0.1, -0.05) is 6.07 Å². The van der Waals surface area contributed by atoms with Crippen LogP contribution in [0.3, 0.4) is 0 Å². The molecule has 1 amide bonds. The normalized spacial score (nSPS) is 15.6. The number of hydrogen-bond acceptors (Lipinski definition) is 4. The van der Waals surface area contributed by atoms with Crippen LogP contribution in [0.2, 0.25) is 0 Å². The van der Waals surface area contributed by atoms with Crippen LogP contribution >= 0.6 is 0 Å². The van der Waals surface area contributed by atoms with Crippen molar-refractivity contribution in [2.24, 2.45) is 11.7 Å². The number of nitrogens with two attached hydrogens (primary N) is 1. The van der Waals surface area contributed by atoms with E-state index in [-0.39, 0.29) is 11.8 Å². The third kappa shape index (κ3) is 2.95. The van der Waals surface area contributed by atoms with E-state index in [9.17, 15) is 4.79 Å². The molecule has 1 fully saturated rings. The summed E-state index contributed by atoms with van der Waals surface area (Å²) < 4.78 is 0. The Morgan fingerprint density at radius 2 is 1.96 bits per heavy atom. The Hall–Kier alpha value is -2.89. The summed E-state index contributed by atoms with van der Waals surface area (Å²) in [5.41, 5.74) is 9.65. The summed E-state index contributed by atoms with van der Waals surface area (Å²) in [5, 5.41) is 8.41. The van der Waals surface area contributed by atoms with Gasteiger partial charge in [-0.3, -0.25) is 9.89 Å². The van der Waals surface area contributed by atoms with Crippen LogP contribution in [0.5, 0.6) is 0 Å². The number of hydrogen-bond donors (Lipinski definition) is 2. The van der Waals surface area contributed by atoms with E-state index in [0.717, 1.165) is 59.5 Å². The summed E-state index contributed by atoms with van der Waals surface area (Å²) in [7, 11) is 0. The molecule has 1 aromatic carbocycles. The van der Waals surface area contributed by atoms with E-state index >= 15 is 0 Å². The lowest BCUT2D eigenvalue weighted by atomic mass is 9.96. The van der Waals surface area contributed by atoms with Crippen molar-refractivity contribution in [3.63, 3.8) is 0 Å². The number of rotatable bonds is 3. The maximum atomic E-state index is 11.3. The van der Waals surface area contributed by atoms with Gasteiger partial charge in [0.05, 0.1) is 5.52 Å². The second-order valence-electron chi connectivity index (χ2n) is 6.65. The lowest BCUT2D eigenvalue weighted by molar-refractivity contribution is -0.122. The minimum absolute atomic E-state index is 0.000417. The topological polar surface area (TPSA) is 87.9 Å². The van der Waals surface area contributed by atoms with Crippen LogP contribution in [-0.2, 0) is 4.79 Å². The third-order valence-electron chi connectivity index (χ3n) is 5.05. The van der Waals surface area contributed by atoms with E-state index in [1.54, 1.807) is 0 Å². The van der Waals surface area contributed by atoms with Crippen molar-refractivity contribution in [2.75, 3.05) is 18.0 Å². The van der Waals surface area contributed by atoms with Crippen LogP contribution in [0, 0.1) is 12.8 Å². The molecular formula is C19H21N5O. The zero-order chi connectivity index (χ0) is 17.4. The molecule has 0 radical (unpaired) electrons. The molecule has 6 heteroatoms. The van der Waals surface area contributed by atoms with E-state index in [2.05, 4.69) is 38.3 Å². The third-order valence-corrected chi connectivity index (χ3v) is 5.05. The molecule has 3 heterocycles. The fourth-order valence-electron chi connectivity index (χ4n) is 3.45. The second-order valence-corrected chi connectivity index (χ2v) is 6.65. The van der Waals surface area contributed by atoms with E-state index < -0.39 is 0 Å². The molecule has 128 valence electrons. The first-order valence-electron chi connectivity index (χ1n) is 8.57. The second kappa shape index (κ2) is 6.20. The molecule has 0 aliphatic carbocycles. The Balaban J connectivity index is 1.53. The van der Waals surface area contributed by atoms with Gasteiger partial charge in [0.15, 0.2) is 0 Å². The van der Waals surface area contributed by atoms with Crippen molar-refractivity contribution in [3.8, 4) is 11.1 Å². The highest BCUT2D eigenvalue weighted by atomic mass is 16.1. The molecular weight excluding hydrogens is 314 g/mol. The predicted molar refractivity (Wildman–Crippen MR) is 98.2 cm³/mol. The van der Waals surface area contributed by atoms with Crippen LogP contribution in [0.25, 0.3) is 22.0 Å². The molecule has 0 spiro atoms. The van der Waals surface area contributed by atoms with Crippen LogP contribution in [0.1, 0.15) is 18.5 Å². The zero-order valence-electron chi connectivity index (χ0n) is 14.2. The van der Waals surface area contributed by atoms with Crippen molar-refractivity contribution in [3.05, 3.63) is 42.2 Å². The van der Waals surface area contributed by atoms with E-state index in [1.165, 1.54) is 0 Å². The van der Waals surface area contributed by atoms with Crippen molar-refractivity contribution >= 4 is 22.6 Å². The van der Waals surface area contributed by atoms with Gasteiger partial charge in [-0.25, -0.2) is 4.98 Å². The Morgan fingerprint density at radius 1 is 1.20 bits per heavy atom. The standard InChI is InChI=1S/C19H21N5O/c1-12-16-10-14(2-4-17(16)23-22-12)15-3-5-18(21-11-15)24-8-6-13(7-9-24)19(20)25/h2-5,10-11,13H,6-9H2,1H3,(H2,20,25)(H,22,23). The van der Waals surface area contributed by atoms with Gasteiger partial charge in [-0.15, -0.1) is 0 Å². The van der Waals surface area contributed by atoms with E-state index in [0.29, 0.717) is 0 Å². The van der Waals surface area contributed by atoms with Crippen molar-refractivity contribution < 1.29 is 4.79 Å². The summed E-state index contributed by atoms with van der Waals surface area (Å²) >= 11 is 0. The van der Waals surface area contributed by atoms with Gasteiger partial charge >= 0.3 is 0 Å². The largest absolute Gasteiger partial charge is 0.369 e. The SMILES string of the molecule is Cc1[nH]nc2ccc(-c3ccc(N4CCC(C(N)=O)CC4)nc3)cc12. The fraction of sp³-hybridized carbons (Fsp3) is 0.316. The molecule has 0 atom stereocenters. The number of piperidine rings is 1. The predicted octanol–water partition coefficient (Wildman–Crippen LogP) is 2.64. The van der Waals surface area contributed by atoms with Crippen molar-refractivity contribution in [1.29, 1.82) is 0 Å². The van der Waals surface area contributed by atoms with Crippen LogP contribution < -0.4 is 10.6 Å². The molecule has 1 aliphatic rings. The highest BCUT2D eigenvalue weighted by Crippen LogP contribution is 2.27. The highest BCUT2D eigenvalue weighted by molar-refractivity contribution is 5.86. The number of carbonyl (C=O) groups is 1. The van der Waals surface area contributed by atoms with Gasteiger partial charge in [0.2, 0.25) is 5.91 Å².